The van der Waals surface area contributed by atoms with Crippen LogP contribution in [0.5, 0.6) is 0 Å². The molecule has 3 aromatic rings. The van der Waals surface area contributed by atoms with Gasteiger partial charge in [0.25, 0.3) is 0 Å². The van der Waals surface area contributed by atoms with Crippen LogP contribution in [0.25, 0.3) is 10.9 Å². The summed E-state index contributed by atoms with van der Waals surface area (Å²) in [6.07, 6.45) is 2.67. The molecule has 1 N–H and O–H groups in total. The lowest BCUT2D eigenvalue weighted by molar-refractivity contribution is -0.385. The molecular formula is C22H20BrFN4O4. The molecule has 10 heteroatoms. The number of nitrogens with one attached hydrogen (secondary N) is 1. The van der Waals surface area contributed by atoms with Gasteiger partial charge < -0.3 is 9.88 Å². The van der Waals surface area contributed by atoms with Crippen molar-refractivity contribution in [2.75, 3.05) is 14.1 Å². The summed E-state index contributed by atoms with van der Waals surface area (Å²) in [5.74, 6) is -1.23. The Morgan fingerprint density at radius 3 is 2.56 bits per heavy atom. The van der Waals surface area contributed by atoms with Crippen molar-refractivity contribution in [3.8, 4) is 0 Å². The fraction of sp³-hybridized carbons (Fsp3) is 0.273. The van der Waals surface area contributed by atoms with E-state index in [9.17, 15) is 24.1 Å². The number of nitro benzene ring substituents is 1. The number of carbonyl (C=O) groups excluding carboxylic acids is 2. The predicted octanol–water partition coefficient (Wildman–Crippen LogP) is 3.43. The summed E-state index contributed by atoms with van der Waals surface area (Å²) >= 11 is 3.38. The number of halogens is 2. The number of aromatic amines is 1. The molecule has 0 aliphatic carbocycles. The van der Waals surface area contributed by atoms with Gasteiger partial charge >= 0.3 is 5.69 Å². The summed E-state index contributed by atoms with van der Waals surface area (Å²) in [5.41, 5.74) is -0.117. The molecule has 1 aromatic heterocycles. The molecule has 1 amide bonds. The summed E-state index contributed by atoms with van der Waals surface area (Å²) < 4.78 is 15.1. The van der Waals surface area contributed by atoms with E-state index in [4.69, 9.17) is 0 Å². The minimum absolute atomic E-state index is 0.0832. The number of rotatable bonds is 6. The van der Waals surface area contributed by atoms with Crippen LogP contribution < -0.4 is 0 Å². The maximum Gasteiger partial charge on any atom is 0.314 e. The molecule has 1 fully saturated rings. The monoisotopic (exact) mass is 502 g/mol. The van der Waals surface area contributed by atoms with Crippen LogP contribution in [0.2, 0.25) is 0 Å². The summed E-state index contributed by atoms with van der Waals surface area (Å²) in [7, 11) is 3.26. The Morgan fingerprint density at radius 1 is 1.25 bits per heavy atom. The van der Waals surface area contributed by atoms with Gasteiger partial charge in [-0.25, -0.2) is 0 Å². The second-order valence-electron chi connectivity index (χ2n) is 7.92. The van der Waals surface area contributed by atoms with Crippen molar-refractivity contribution in [2.45, 2.75) is 24.5 Å². The Kier molecular flexibility index (Phi) is 5.59. The minimum atomic E-state index is -1.21. The number of likely N-dealkylation sites (N-methyl/N-ethyl adjacent to an activating group) is 2. The van der Waals surface area contributed by atoms with Gasteiger partial charge in [0.05, 0.1) is 21.9 Å². The van der Waals surface area contributed by atoms with E-state index in [1.165, 1.54) is 11.0 Å². The van der Waals surface area contributed by atoms with E-state index in [1.54, 1.807) is 25.2 Å². The van der Waals surface area contributed by atoms with E-state index < -0.39 is 28.1 Å². The number of benzene rings is 2. The highest BCUT2D eigenvalue weighted by Crippen LogP contribution is 2.36. The van der Waals surface area contributed by atoms with Gasteiger partial charge in [-0.1, -0.05) is 28.1 Å². The Morgan fingerprint density at radius 2 is 1.94 bits per heavy atom. The van der Waals surface area contributed by atoms with Gasteiger partial charge in [-0.05, 0) is 48.9 Å². The quantitative estimate of drug-likeness (QED) is 0.316. The average molecular weight is 503 g/mol. The van der Waals surface area contributed by atoms with Crippen molar-refractivity contribution in [3.05, 3.63) is 74.1 Å². The predicted molar refractivity (Wildman–Crippen MR) is 120 cm³/mol. The first kappa shape index (κ1) is 22.1. The number of aldehydes is 1. The maximum absolute atomic E-state index is 14.2. The van der Waals surface area contributed by atoms with E-state index >= 15 is 0 Å². The highest BCUT2D eigenvalue weighted by atomic mass is 79.9. The van der Waals surface area contributed by atoms with E-state index in [1.807, 2.05) is 24.3 Å². The Hall–Kier alpha value is -3.11. The Balaban J connectivity index is 1.72. The van der Waals surface area contributed by atoms with Crippen LogP contribution in [0.3, 0.4) is 0 Å². The van der Waals surface area contributed by atoms with Gasteiger partial charge in [0.15, 0.2) is 11.9 Å². The SMILES string of the molecule is CN1C(=O)C(Cc2c[nH]c3ccc(F)c([N+](=O)[O-])c23)N(C)C1(C=O)Cc1ccc(Br)cc1. The van der Waals surface area contributed by atoms with Gasteiger partial charge in [0.2, 0.25) is 11.7 Å². The number of nitrogens with zero attached hydrogens (tertiary/aromatic N) is 3. The molecule has 2 atom stereocenters. The summed E-state index contributed by atoms with van der Waals surface area (Å²) in [6.45, 7) is 0. The Labute approximate surface area is 191 Å². The summed E-state index contributed by atoms with van der Waals surface area (Å²) in [5, 5.41) is 11.6. The zero-order chi connectivity index (χ0) is 23.2. The van der Waals surface area contributed by atoms with Gasteiger partial charge in [0, 0.05) is 24.1 Å². The second-order valence-corrected chi connectivity index (χ2v) is 8.83. The molecule has 0 radical (unpaired) electrons. The zero-order valence-electron chi connectivity index (χ0n) is 17.3. The zero-order valence-corrected chi connectivity index (χ0v) is 18.9. The third-order valence-electron chi connectivity index (χ3n) is 6.29. The molecule has 0 bridgehead atoms. The molecule has 1 aliphatic rings. The molecular weight excluding hydrogens is 483 g/mol. The molecule has 2 heterocycles. The van der Waals surface area contributed by atoms with Crippen molar-refractivity contribution >= 4 is 44.7 Å². The van der Waals surface area contributed by atoms with E-state index in [-0.39, 0.29) is 24.1 Å². The number of hydrogen-bond donors (Lipinski definition) is 1. The van der Waals surface area contributed by atoms with E-state index in [0.29, 0.717) is 11.1 Å². The third kappa shape index (κ3) is 3.39. The van der Waals surface area contributed by atoms with E-state index in [0.717, 1.165) is 22.4 Å². The van der Waals surface area contributed by atoms with Gasteiger partial charge in [0.1, 0.15) is 0 Å². The highest BCUT2D eigenvalue weighted by molar-refractivity contribution is 9.10. The molecule has 2 unspecified atom stereocenters. The molecule has 166 valence electrons. The smallest absolute Gasteiger partial charge is 0.314 e. The molecule has 1 saturated heterocycles. The van der Waals surface area contributed by atoms with Gasteiger partial charge in [-0.3, -0.25) is 24.6 Å². The van der Waals surface area contributed by atoms with Crippen LogP contribution in [0.1, 0.15) is 11.1 Å². The van der Waals surface area contributed by atoms with Crippen LogP contribution in [-0.2, 0) is 22.4 Å². The van der Waals surface area contributed by atoms with Crippen molar-refractivity contribution < 1.29 is 18.9 Å². The van der Waals surface area contributed by atoms with Crippen LogP contribution in [0.15, 0.2) is 47.1 Å². The lowest BCUT2D eigenvalue weighted by atomic mass is 9.98. The van der Waals surface area contributed by atoms with E-state index in [2.05, 4.69) is 20.9 Å². The van der Waals surface area contributed by atoms with Crippen molar-refractivity contribution in [2.24, 2.45) is 0 Å². The minimum Gasteiger partial charge on any atom is -0.361 e. The molecule has 2 aromatic carbocycles. The summed E-state index contributed by atoms with van der Waals surface area (Å²) in [6, 6.07) is 9.20. The first-order valence-electron chi connectivity index (χ1n) is 9.84. The maximum atomic E-state index is 14.2. The molecule has 4 rings (SSSR count). The van der Waals surface area contributed by atoms with Crippen molar-refractivity contribution in [3.63, 3.8) is 0 Å². The highest BCUT2D eigenvalue weighted by Gasteiger charge is 2.53. The average Bonchev–Trinajstić information content (AvgIpc) is 3.24. The number of carbonyl (C=O) groups is 2. The lowest BCUT2D eigenvalue weighted by Crippen LogP contribution is -2.55. The molecule has 0 spiro atoms. The third-order valence-corrected chi connectivity index (χ3v) is 6.82. The molecule has 1 aliphatic heterocycles. The number of nitro groups is 1. The van der Waals surface area contributed by atoms with Crippen LogP contribution in [0, 0.1) is 15.9 Å². The first-order chi connectivity index (χ1) is 15.2. The van der Waals surface area contributed by atoms with Gasteiger partial charge in [-0.2, -0.15) is 4.39 Å². The van der Waals surface area contributed by atoms with Crippen LogP contribution in [0.4, 0.5) is 10.1 Å². The van der Waals surface area contributed by atoms with Crippen molar-refractivity contribution in [1.29, 1.82) is 0 Å². The van der Waals surface area contributed by atoms with Crippen molar-refractivity contribution in [1.82, 2.24) is 14.8 Å². The normalized spacial score (nSPS) is 21.4. The number of H-pyrrole nitrogens is 1. The fourth-order valence-corrected chi connectivity index (χ4v) is 4.72. The number of amides is 1. The molecule has 32 heavy (non-hydrogen) atoms. The molecule has 8 nitrogen and oxygen atoms in total. The van der Waals surface area contributed by atoms with Gasteiger partial charge in [-0.15, -0.1) is 0 Å². The summed E-state index contributed by atoms with van der Waals surface area (Å²) in [4.78, 5) is 42.3. The first-order valence-corrected chi connectivity index (χ1v) is 10.6. The standard InChI is InChI=1S/C22H20BrFN4O4/c1-26-18(9-14-11-25-17-8-7-16(24)20(19(14)17)28(31)32)21(30)27(2)22(26,12-29)10-13-3-5-15(23)6-4-13/h3-8,11-12,18,25H,9-10H2,1-2H3. The largest absolute Gasteiger partial charge is 0.361 e. The van der Waals surface area contributed by atoms with Crippen LogP contribution in [-0.4, -0.2) is 57.7 Å². The fourth-order valence-electron chi connectivity index (χ4n) is 4.46. The number of fused-ring (bicyclic) bond motifs is 1. The van der Waals surface area contributed by atoms with Crippen LogP contribution >= 0.6 is 15.9 Å². The second kappa shape index (κ2) is 8.10. The lowest BCUT2D eigenvalue weighted by Gasteiger charge is -2.36. The topological polar surface area (TPSA) is 99.5 Å². The number of aromatic nitrogens is 1. The Bertz CT molecular complexity index is 1230. The number of hydrogen-bond acceptors (Lipinski definition) is 5. The molecule has 0 saturated carbocycles.